The van der Waals surface area contributed by atoms with Gasteiger partial charge in [0.15, 0.2) is 0 Å². The molecule has 19 heavy (non-hydrogen) atoms. The Morgan fingerprint density at radius 3 is 2.68 bits per heavy atom. The van der Waals surface area contributed by atoms with Gasteiger partial charge in [0.25, 0.3) is 0 Å². The lowest BCUT2D eigenvalue weighted by Crippen LogP contribution is -2.10. The van der Waals surface area contributed by atoms with E-state index in [1.807, 2.05) is 13.0 Å². The van der Waals surface area contributed by atoms with Crippen molar-refractivity contribution < 1.29 is 4.39 Å². The second-order valence-electron chi connectivity index (χ2n) is 5.12. The summed E-state index contributed by atoms with van der Waals surface area (Å²) in [5.41, 5.74) is 5.65. The number of hydrogen-bond donors (Lipinski definition) is 2. The van der Waals surface area contributed by atoms with Crippen LogP contribution in [0.25, 0.3) is 10.9 Å². The molecule has 1 heterocycles. The molecule has 1 aromatic carbocycles. The van der Waals surface area contributed by atoms with Crippen LogP contribution >= 0.6 is 15.9 Å². The molecule has 0 bridgehead atoms. The van der Waals surface area contributed by atoms with Crippen LogP contribution < -0.4 is 11.3 Å². The van der Waals surface area contributed by atoms with Gasteiger partial charge in [-0.3, -0.25) is 10.8 Å². The van der Waals surface area contributed by atoms with Gasteiger partial charge in [-0.15, -0.1) is 0 Å². The lowest BCUT2D eigenvalue weighted by atomic mass is 10.0. The smallest absolute Gasteiger partial charge is 0.148 e. The Hall–Kier alpha value is -1.20. The number of anilines is 1. The number of benzene rings is 1. The topological polar surface area (TPSA) is 50.9 Å². The quantitative estimate of drug-likeness (QED) is 0.664. The molecule has 0 radical (unpaired) electrons. The van der Waals surface area contributed by atoms with Crippen LogP contribution in [-0.2, 0) is 6.42 Å². The van der Waals surface area contributed by atoms with Crippen LogP contribution in [0.5, 0.6) is 0 Å². The molecule has 2 aromatic rings. The minimum absolute atomic E-state index is 0.336. The van der Waals surface area contributed by atoms with E-state index in [2.05, 4.69) is 40.2 Å². The largest absolute Gasteiger partial charge is 0.323 e. The van der Waals surface area contributed by atoms with E-state index in [1.54, 1.807) is 6.07 Å². The summed E-state index contributed by atoms with van der Waals surface area (Å²) >= 11 is 3.22. The van der Waals surface area contributed by atoms with Crippen LogP contribution in [0.15, 0.2) is 16.6 Å². The summed E-state index contributed by atoms with van der Waals surface area (Å²) in [6, 6.07) is 3.56. The van der Waals surface area contributed by atoms with E-state index in [1.165, 1.54) is 0 Å². The average Bonchev–Trinajstić information content (AvgIpc) is 2.34. The van der Waals surface area contributed by atoms with Crippen molar-refractivity contribution >= 4 is 32.5 Å². The molecule has 0 spiro atoms. The van der Waals surface area contributed by atoms with E-state index in [4.69, 9.17) is 5.84 Å². The maximum absolute atomic E-state index is 14.2. The molecule has 0 aliphatic rings. The molecule has 0 atom stereocenters. The molecule has 0 saturated heterocycles. The fourth-order valence-corrected chi connectivity index (χ4v) is 2.73. The summed E-state index contributed by atoms with van der Waals surface area (Å²) in [6.07, 6.45) is 0.835. The molecule has 0 unspecified atom stereocenters. The van der Waals surface area contributed by atoms with Gasteiger partial charge in [-0.1, -0.05) is 13.8 Å². The van der Waals surface area contributed by atoms with Gasteiger partial charge in [-0.25, -0.2) is 4.39 Å². The van der Waals surface area contributed by atoms with E-state index in [-0.39, 0.29) is 5.82 Å². The predicted molar refractivity (Wildman–Crippen MR) is 80.5 cm³/mol. The predicted octanol–water partition coefficient (Wildman–Crippen LogP) is 3.93. The number of nitrogens with two attached hydrogens (primary N) is 1. The lowest BCUT2D eigenvalue weighted by molar-refractivity contribution is 0.629. The van der Waals surface area contributed by atoms with Crippen molar-refractivity contribution in [3.05, 3.63) is 33.7 Å². The highest BCUT2D eigenvalue weighted by molar-refractivity contribution is 9.10. The highest BCUT2D eigenvalue weighted by Crippen LogP contribution is 2.32. The summed E-state index contributed by atoms with van der Waals surface area (Å²) in [5.74, 6) is 5.67. The maximum atomic E-state index is 14.2. The van der Waals surface area contributed by atoms with E-state index < -0.39 is 0 Å². The van der Waals surface area contributed by atoms with Crippen molar-refractivity contribution in [1.82, 2.24) is 4.98 Å². The van der Waals surface area contributed by atoms with Crippen molar-refractivity contribution in [1.29, 1.82) is 0 Å². The van der Waals surface area contributed by atoms with Crippen molar-refractivity contribution in [2.45, 2.75) is 27.2 Å². The summed E-state index contributed by atoms with van der Waals surface area (Å²) in [6.45, 7) is 6.16. The van der Waals surface area contributed by atoms with E-state index in [0.717, 1.165) is 17.7 Å². The number of pyridine rings is 1. The molecule has 0 aliphatic carbocycles. The van der Waals surface area contributed by atoms with Crippen LogP contribution in [0, 0.1) is 18.7 Å². The van der Waals surface area contributed by atoms with Crippen LogP contribution in [-0.4, -0.2) is 4.98 Å². The fourth-order valence-electron chi connectivity index (χ4n) is 2.18. The van der Waals surface area contributed by atoms with Gasteiger partial charge in [0, 0.05) is 5.69 Å². The van der Waals surface area contributed by atoms with Gasteiger partial charge >= 0.3 is 0 Å². The lowest BCUT2D eigenvalue weighted by Gasteiger charge is -2.13. The third-order valence-corrected chi connectivity index (χ3v) is 3.57. The normalized spacial score (nSPS) is 11.3. The zero-order valence-corrected chi connectivity index (χ0v) is 12.8. The number of rotatable bonds is 3. The van der Waals surface area contributed by atoms with Crippen LogP contribution in [0.3, 0.4) is 0 Å². The first kappa shape index (κ1) is 14.2. The van der Waals surface area contributed by atoms with Crippen LogP contribution in [0.2, 0.25) is 0 Å². The minimum atomic E-state index is -0.336. The highest BCUT2D eigenvalue weighted by atomic mass is 79.9. The molecular formula is C14H17BrFN3. The summed E-state index contributed by atoms with van der Waals surface area (Å²) in [7, 11) is 0. The monoisotopic (exact) mass is 325 g/mol. The number of aryl methyl sites for hydroxylation is 1. The first-order chi connectivity index (χ1) is 8.93. The highest BCUT2D eigenvalue weighted by Gasteiger charge is 2.15. The van der Waals surface area contributed by atoms with E-state index >= 15 is 0 Å². The third kappa shape index (κ3) is 2.72. The SMILES string of the molecule is Cc1cc(Br)c(F)c2c(NN)cc(CC(C)C)nc12. The standard InChI is InChI=1S/C14H17BrFN3/c1-7(2)4-9-6-11(19-17)12-13(16)10(15)5-8(3)14(12)18-9/h5-7H,4,17H2,1-3H3,(H,18,19). The average molecular weight is 326 g/mol. The number of nitrogens with zero attached hydrogens (tertiary/aromatic N) is 1. The summed E-state index contributed by atoms with van der Waals surface area (Å²) in [4.78, 5) is 4.57. The minimum Gasteiger partial charge on any atom is -0.323 e. The van der Waals surface area contributed by atoms with Gasteiger partial charge in [0.2, 0.25) is 0 Å². The molecule has 0 fully saturated rings. The fraction of sp³-hybridized carbons (Fsp3) is 0.357. The Labute approximate surface area is 120 Å². The zero-order chi connectivity index (χ0) is 14.2. The molecule has 102 valence electrons. The Morgan fingerprint density at radius 2 is 2.11 bits per heavy atom. The number of nitrogens with one attached hydrogen (secondary N) is 1. The van der Waals surface area contributed by atoms with Gasteiger partial charge < -0.3 is 5.43 Å². The Balaban J connectivity index is 2.77. The first-order valence-corrected chi connectivity index (χ1v) is 6.98. The Morgan fingerprint density at radius 1 is 1.42 bits per heavy atom. The molecule has 0 aliphatic heterocycles. The van der Waals surface area contributed by atoms with Crippen molar-refractivity contribution in [2.24, 2.45) is 11.8 Å². The molecule has 0 amide bonds. The molecule has 2 rings (SSSR count). The number of halogens is 2. The zero-order valence-electron chi connectivity index (χ0n) is 11.2. The molecule has 5 heteroatoms. The van der Waals surface area contributed by atoms with Gasteiger partial charge in [-0.05, 0) is 52.9 Å². The molecular weight excluding hydrogens is 309 g/mol. The molecule has 1 aromatic heterocycles. The molecule has 3 N–H and O–H groups in total. The Kier molecular flexibility index (Phi) is 4.06. The number of hydrogen-bond acceptors (Lipinski definition) is 3. The first-order valence-electron chi connectivity index (χ1n) is 6.19. The second kappa shape index (κ2) is 5.43. The van der Waals surface area contributed by atoms with Gasteiger partial charge in [0.1, 0.15) is 5.82 Å². The second-order valence-corrected chi connectivity index (χ2v) is 5.97. The van der Waals surface area contributed by atoms with E-state index in [9.17, 15) is 4.39 Å². The third-order valence-electron chi connectivity index (χ3n) is 2.99. The van der Waals surface area contributed by atoms with Gasteiger partial charge in [-0.2, -0.15) is 0 Å². The van der Waals surface area contributed by atoms with Crippen molar-refractivity contribution in [2.75, 3.05) is 5.43 Å². The molecule has 0 saturated carbocycles. The number of nitrogen functional groups attached to an aromatic ring is 1. The number of aromatic nitrogens is 1. The van der Waals surface area contributed by atoms with E-state index in [0.29, 0.717) is 27.0 Å². The number of fused-ring (bicyclic) bond motifs is 1. The molecule has 3 nitrogen and oxygen atoms in total. The van der Waals surface area contributed by atoms with Crippen molar-refractivity contribution in [3.63, 3.8) is 0 Å². The number of hydrazine groups is 1. The van der Waals surface area contributed by atoms with Crippen LogP contribution in [0.1, 0.15) is 25.1 Å². The Bertz CT molecular complexity index is 626. The maximum Gasteiger partial charge on any atom is 0.148 e. The summed E-state index contributed by atoms with van der Waals surface area (Å²) < 4.78 is 14.7. The van der Waals surface area contributed by atoms with Crippen LogP contribution in [0.4, 0.5) is 10.1 Å². The van der Waals surface area contributed by atoms with Crippen molar-refractivity contribution in [3.8, 4) is 0 Å². The van der Waals surface area contributed by atoms with Gasteiger partial charge in [0.05, 0.1) is 21.1 Å². The summed E-state index contributed by atoms with van der Waals surface area (Å²) in [5, 5.41) is 0.432.